The van der Waals surface area contributed by atoms with Gasteiger partial charge < -0.3 is 31.5 Å². The molecule has 216 valence electrons. The van der Waals surface area contributed by atoms with Gasteiger partial charge in [-0.3, -0.25) is 24.5 Å². The van der Waals surface area contributed by atoms with Gasteiger partial charge in [0.1, 0.15) is 11.8 Å². The number of phenolic OH excluding ortho intramolecular Hbond substituents is 1. The molecule has 0 radical (unpaired) electrons. The molecule has 40 heavy (non-hydrogen) atoms. The van der Waals surface area contributed by atoms with Gasteiger partial charge in [0.15, 0.2) is 0 Å². The third-order valence-corrected chi connectivity index (χ3v) is 6.72. The van der Waals surface area contributed by atoms with Gasteiger partial charge in [-0.25, -0.2) is 0 Å². The molecule has 5 atom stereocenters. The molecule has 1 aliphatic rings. The molecule has 0 heterocycles. The van der Waals surface area contributed by atoms with Crippen LogP contribution in [0.1, 0.15) is 37.3 Å². The van der Waals surface area contributed by atoms with Gasteiger partial charge in [-0.15, -0.1) is 0 Å². The van der Waals surface area contributed by atoms with Crippen molar-refractivity contribution >= 4 is 23.7 Å². The van der Waals surface area contributed by atoms with E-state index < -0.39 is 29.8 Å². The van der Waals surface area contributed by atoms with Crippen LogP contribution in [0.5, 0.6) is 5.75 Å². The Morgan fingerprint density at radius 2 is 1.57 bits per heavy atom. The third kappa shape index (κ3) is 9.06. The van der Waals surface area contributed by atoms with Crippen LogP contribution in [0.4, 0.5) is 0 Å². The number of hydrogen-bond acceptors (Lipinski definition) is 8. The normalized spacial score (nSPS) is 19.3. The maximum absolute atomic E-state index is 12.7. The van der Waals surface area contributed by atoms with Crippen LogP contribution in [-0.4, -0.2) is 73.2 Å². The molecular weight excluding hydrogens is 514 g/mol. The maximum atomic E-state index is 12.7. The molecule has 11 heteroatoms. The van der Waals surface area contributed by atoms with E-state index in [4.69, 9.17) is 10.5 Å². The van der Waals surface area contributed by atoms with Gasteiger partial charge in [0.25, 0.3) is 0 Å². The van der Waals surface area contributed by atoms with Crippen molar-refractivity contribution in [2.75, 3.05) is 20.2 Å². The summed E-state index contributed by atoms with van der Waals surface area (Å²) in [7, 11) is 1.35. The fourth-order valence-electron chi connectivity index (χ4n) is 4.62. The summed E-state index contributed by atoms with van der Waals surface area (Å²) < 4.78 is 4.97. The predicted molar refractivity (Wildman–Crippen MR) is 149 cm³/mol. The molecule has 2 aromatic rings. The molecule has 0 bridgehead atoms. The van der Waals surface area contributed by atoms with Crippen molar-refractivity contribution in [3.8, 4) is 5.75 Å². The number of esters is 1. The van der Waals surface area contributed by atoms with Gasteiger partial charge in [0.05, 0.1) is 32.3 Å². The molecule has 3 amide bonds. The first-order valence-corrected chi connectivity index (χ1v) is 13.3. The van der Waals surface area contributed by atoms with Crippen molar-refractivity contribution in [1.29, 1.82) is 0 Å². The van der Waals surface area contributed by atoms with Gasteiger partial charge in [-0.05, 0) is 42.0 Å². The molecule has 7 N–H and O–H groups in total. The van der Waals surface area contributed by atoms with Crippen LogP contribution >= 0.6 is 0 Å². The number of aromatic hydroxyl groups is 1. The smallest absolute Gasteiger partial charge is 0.322 e. The zero-order chi connectivity index (χ0) is 29.2. The molecule has 1 fully saturated rings. The first-order valence-electron chi connectivity index (χ1n) is 13.3. The van der Waals surface area contributed by atoms with Crippen molar-refractivity contribution < 1.29 is 29.0 Å². The van der Waals surface area contributed by atoms with E-state index in [1.807, 2.05) is 44.2 Å². The summed E-state index contributed by atoms with van der Waals surface area (Å²) in [6, 6.07) is 14.2. The highest BCUT2D eigenvalue weighted by atomic mass is 16.5. The van der Waals surface area contributed by atoms with E-state index in [1.54, 1.807) is 12.1 Å². The number of methoxy groups -OCH3 is 1. The van der Waals surface area contributed by atoms with Gasteiger partial charge >= 0.3 is 5.97 Å². The molecule has 1 aliphatic carbocycles. The average Bonchev–Trinajstić information content (AvgIpc) is 3.61. The fraction of sp³-hybridized carbons (Fsp3) is 0.448. The zero-order valence-electron chi connectivity index (χ0n) is 23.1. The van der Waals surface area contributed by atoms with Crippen LogP contribution in [0, 0.1) is 5.92 Å². The highest BCUT2D eigenvalue weighted by molar-refractivity contribution is 5.90. The molecule has 0 saturated heterocycles. The van der Waals surface area contributed by atoms with Gasteiger partial charge in [0.2, 0.25) is 17.7 Å². The van der Waals surface area contributed by atoms with E-state index in [0.29, 0.717) is 6.42 Å². The Morgan fingerprint density at radius 1 is 0.925 bits per heavy atom. The predicted octanol–water partition coefficient (Wildman–Crippen LogP) is 0.323. The van der Waals surface area contributed by atoms with Crippen LogP contribution in [0.15, 0.2) is 54.6 Å². The second kappa shape index (κ2) is 14.4. The zero-order valence-corrected chi connectivity index (χ0v) is 23.1. The van der Waals surface area contributed by atoms with Gasteiger partial charge in [0, 0.05) is 12.0 Å². The van der Waals surface area contributed by atoms with E-state index in [1.165, 1.54) is 19.2 Å². The third-order valence-electron chi connectivity index (χ3n) is 6.72. The lowest BCUT2D eigenvalue weighted by Gasteiger charge is -2.18. The number of benzene rings is 2. The van der Waals surface area contributed by atoms with Crippen LogP contribution in [0.25, 0.3) is 0 Å². The van der Waals surface area contributed by atoms with E-state index in [2.05, 4.69) is 21.3 Å². The monoisotopic (exact) mass is 553 g/mol. The standard InChI is InChI=1S/C29H39N5O6/c1-17(2)13-22(29(39)40-3)33-26-25(19-7-5-4-6-8-19)27(26)34-24(37)16-31-23(36)15-32-28(38)21(30)14-18-9-11-20(35)12-10-18/h4-12,17,21-22,25-27,33,35H,13-16,30H2,1-3H3,(H,31,36)(H,32,38)(H,34,37)/t21-,22-,25+,26+,27-/m0/s1. The molecule has 11 nitrogen and oxygen atoms in total. The molecule has 3 rings (SSSR count). The number of carbonyl (C=O) groups is 4. The van der Waals surface area contributed by atoms with E-state index >= 15 is 0 Å². The van der Waals surface area contributed by atoms with Crippen molar-refractivity contribution in [1.82, 2.24) is 21.3 Å². The Morgan fingerprint density at radius 3 is 2.20 bits per heavy atom. The number of nitrogens with one attached hydrogen (secondary N) is 4. The summed E-state index contributed by atoms with van der Waals surface area (Å²) in [5, 5.41) is 20.6. The van der Waals surface area contributed by atoms with Crippen molar-refractivity contribution in [3.63, 3.8) is 0 Å². The quantitative estimate of drug-likeness (QED) is 0.182. The molecular formula is C29H39N5O6. The Labute approximate surface area is 234 Å². The second-order valence-electron chi connectivity index (χ2n) is 10.4. The number of carbonyl (C=O) groups excluding carboxylic acids is 4. The van der Waals surface area contributed by atoms with Crippen molar-refractivity contribution in [3.05, 3.63) is 65.7 Å². The Bertz CT molecular complexity index is 1160. The van der Waals surface area contributed by atoms with Gasteiger partial charge in [-0.1, -0.05) is 56.3 Å². The number of ether oxygens (including phenoxy) is 1. The second-order valence-corrected chi connectivity index (χ2v) is 10.4. The first kappa shape index (κ1) is 30.6. The molecule has 0 spiro atoms. The van der Waals surface area contributed by atoms with E-state index in [0.717, 1.165) is 11.1 Å². The summed E-state index contributed by atoms with van der Waals surface area (Å²) in [6.45, 7) is 3.44. The summed E-state index contributed by atoms with van der Waals surface area (Å²) >= 11 is 0. The summed E-state index contributed by atoms with van der Waals surface area (Å²) in [5.74, 6) is -1.46. The summed E-state index contributed by atoms with van der Waals surface area (Å²) in [4.78, 5) is 49.5. The first-order chi connectivity index (χ1) is 19.1. The van der Waals surface area contributed by atoms with Gasteiger partial charge in [-0.2, -0.15) is 0 Å². The fourth-order valence-corrected chi connectivity index (χ4v) is 4.62. The number of hydrogen-bond donors (Lipinski definition) is 6. The van der Waals surface area contributed by atoms with E-state index in [-0.39, 0.29) is 55.1 Å². The lowest BCUT2D eigenvalue weighted by atomic mass is 10.0. The minimum Gasteiger partial charge on any atom is -0.508 e. The Kier molecular flexibility index (Phi) is 11.0. The highest BCUT2D eigenvalue weighted by Gasteiger charge is 2.53. The van der Waals surface area contributed by atoms with Crippen LogP contribution in [-0.2, 0) is 30.3 Å². The molecule has 0 unspecified atom stereocenters. The largest absolute Gasteiger partial charge is 0.508 e. The topological polar surface area (TPSA) is 172 Å². The SMILES string of the molecule is COC(=O)[C@H](CC(C)C)N[C@H]1[C@@H](NC(=O)CNC(=O)CNC(=O)[C@@H](N)Cc2ccc(O)cc2)[C@@H]1c1ccccc1. The number of nitrogens with two attached hydrogens (primary N) is 1. The minimum absolute atomic E-state index is 0.0467. The minimum atomic E-state index is -0.876. The van der Waals surface area contributed by atoms with Crippen LogP contribution in [0.2, 0.25) is 0 Å². The van der Waals surface area contributed by atoms with Crippen molar-refractivity contribution in [2.24, 2.45) is 11.7 Å². The highest BCUT2D eigenvalue weighted by Crippen LogP contribution is 2.42. The lowest BCUT2D eigenvalue weighted by molar-refractivity contribution is -0.143. The summed E-state index contributed by atoms with van der Waals surface area (Å²) in [5.41, 5.74) is 7.71. The lowest BCUT2D eigenvalue weighted by Crippen LogP contribution is -2.47. The van der Waals surface area contributed by atoms with Crippen molar-refractivity contribution in [2.45, 2.75) is 56.8 Å². The van der Waals surface area contributed by atoms with Crippen LogP contribution in [0.3, 0.4) is 0 Å². The van der Waals surface area contributed by atoms with Crippen LogP contribution < -0.4 is 27.0 Å². The number of rotatable bonds is 14. The Hall–Kier alpha value is -3.96. The molecule has 1 saturated carbocycles. The van der Waals surface area contributed by atoms with E-state index in [9.17, 15) is 24.3 Å². The average molecular weight is 554 g/mol. The Balaban J connectivity index is 1.48. The molecule has 0 aliphatic heterocycles. The molecule has 0 aromatic heterocycles. The molecule has 2 aromatic carbocycles. The number of phenols is 1. The maximum Gasteiger partial charge on any atom is 0.322 e. The summed E-state index contributed by atoms with van der Waals surface area (Å²) in [6.07, 6.45) is 0.828. The number of amides is 3.